The van der Waals surface area contributed by atoms with Crippen molar-refractivity contribution in [2.24, 2.45) is 0 Å². The van der Waals surface area contributed by atoms with Crippen LogP contribution in [-0.2, 0) is 4.74 Å². The molecule has 1 aromatic carbocycles. The summed E-state index contributed by atoms with van der Waals surface area (Å²) in [6.45, 7) is 6.40. The Balaban J connectivity index is 2.05. The van der Waals surface area contributed by atoms with E-state index in [2.05, 4.69) is 22.0 Å². The van der Waals surface area contributed by atoms with Gasteiger partial charge in [-0.25, -0.2) is 0 Å². The van der Waals surface area contributed by atoms with Crippen molar-refractivity contribution < 1.29 is 18.7 Å². The Kier molecular flexibility index (Phi) is 4.87. The molecule has 3 aromatic heterocycles. The number of hydrogen-bond donors (Lipinski definition) is 0. The summed E-state index contributed by atoms with van der Waals surface area (Å²) in [4.78, 5) is 9.24. The summed E-state index contributed by atoms with van der Waals surface area (Å²) >= 11 is 0. The predicted molar refractivity (Wildman–Crippen MR) is 110 cm³/mol. The monoisotopic (exact) mass is 396 g/mol. The minimum atomic E-state index is 0.0267. The van der Waals surface area contributed by atoms with Crippen molar-refractivity contribution in [3.63, 3.8) is 0 Å². The van der Waals surface area contributed by atoms with Gasteiger partial charge < -0.3 is 18.7 Å². The molecule has 0 saturated carbocycles. The maximum atomic E-state index is 5.73. The lowest BCUT2D eigenvalue weighted by molar-refractivity contribution is 0.158. The van der Waals surface area contributed by atoms with Gasteiger partial charge in [-0.3, -0.25) is 9.55 Å². The second-order valence-electron chi connectivity index (χ2n) is 7.03. The van der Waals surface area contributed by atoms with E-state index in [1.54, 1.807) is 27.5 Å². The summed E-state index contributed by atoms with van der Waals surface area (Å²) in [5.74, 6) is 1.45. The number of rotatable bonds is 6. The molecule has 0 bridgehead atoms. The molecule has 0 radical (unpaired) electrons. The van der Waals surface area contributed by atoms with Crippen LogP contribution in [-0.4, -0.2) is 47.6 Å². The van der Waals surface area contributed by atoms with Crippen LogP contribution in [0.2, 0.25) is 0 Å². The molecule has 0 aliphatic rings. The van der Waals surface area contributed by atoms with Crippen molar-refractivity contribution in [2.75, 3.05) is 27.9 Å². The molecule has 4 aromatic rings. The van der Waals surface area contributed by atoms with E-state index in [1.165, 1.54) is 0 Å². The Hall–Kier alpha value is -3.13. The van der Waals surface area contributed by atoms with Gasteiger partial charge in [0.25, 0.3) is 6.01 Å². The first-order chi connectivity index (χ1) is 14.0. The number of aryl methyl sites for hydroxylation is 2. The van der Waals surface area contributed by atoms with Crippen molar-refractivity contribution in [3.8, 4) is 22.9 Å². The minimum absolute atomic E-state index is 0.0267. The fraction of sp³-hybridized carbons (Fsp3) is 0.381. The van der Waals surface area contributed by atoms with Gasteiger partial charge in [-0.15, -0.1) is 0 Å². The lowest BCUT2D eigenvalue weighted by Gasteiger charge is -2.17. The summed E-state index contributed by atoms with van der Waals surface area (Å²) < 4.78 is 24.0. The van der Waals surface area contributed by atoms with Crippen LogP contribution in [0.15, 0.2) is 22.9 Å². The fourth-order valence-electron chi connectivity index (χ4n) is 3.88. The smallest absolute Gasteiger partial charge is 0.297 e. The molecule has 29 heavy (non-hydrogen) atoms. The van der Waals surface area contributed by atoms with Crippen molar-refractivity contribution in [1.82, 2.24) is 19.7 Å². The minimum Gasteiger partial charge on any atom is -0.496 e. The number of nitrogens with zero attached hydrogens (tertiary/aromatic N) is 4. The topological polar surface area (TPSA) is 84.4 Å². The third-order valence-electron chi connectivity index (χ3n) is 5.14. The molecule has 0 amide bonds. The van der Waals surface area contributed by atoms with Crippen molar-refractivity contribution >= 4 is 21.9 Å². The first-order valence-corrected chi connectivity index (χ1v) is 9.35. The van der Waals surface area contributed by atoms with Gasteiger partial charge in [-0.05, 0) is 32.9 Å². The van der Waals surface area contributed by atoms with Gasteiger partial charge >= 0.3 is 0 Å². The zero-order valence-electron chi connectivity index (χ0n) is 17.4. The number of hydrogen-bond acceptors (Lipinski definition) is 7. The van der Waals surface area contributed by atoms with Crippen molar-refractivity contribution in [1.29, 1.82) is 0 Å². The number of methoxy groups -OCH3 is 3. The second kappa shape index (κ2) is 7.36. The summed E-state index contributed by atoms with van der Waals surface area (Å²) in [7, 11) is 4.95. The van der Waals surface area contributed by atoms with Crippen LogP contribution in [0.5, 0.6) is 11.8 Å². The van der Waals surface area contributed by atoms with Crippen LogP contribution in [0, 0.1) is 13.8 Å². The third kappa shape index (κ3) is 3.00. The number of fused-ring (bicyclic) bond motifs is 3. The molecule has 0 N–H and O–H groups in total. The molecule has 0 aliphatic carbocycles. The first-order valence-electron chi connectivity index (χ1n) is 9.35. The average Bonchev–Trinajstić information content (AvgIpc) is 3.26. The van der Waals surface area contributed by atoms with E-state index in [4.69, 9.17) is 18.7 Å². The number of benzene rings is 1. The summed E-state index contributed by atoms with van der Waals surface area (Å²) in [6, 6.07) is 4.54. The molecule has 0 saturated heterocycles. The summed E-state index contributed by atoms with van der Waals surface area (Å²) in [6.07, 6.45) is 1.76. The van der Waals surface area contributed by atoms with Crippen LogP contribution in [0.3, 0.4) is 0 Å². The Morgan fingerprint density at radius 3 is 2.52 bits per heavy atom. The summed E-state index contributed by atoms with van der Waals surface area (Å²) in [5.41, 5.74) is 5.13. The Morgan fingerprint density at radius 1 is 1.10 bits per heavy atom. The van der Waals surface area contributed by atoms with E-state index in [-0.39, 0.29) is 6.04 Å². The van der Waals surface area contributed by atoms with Crippen molar-refractivity contribution in [2.45, 2.75) is 26.8 Å². The van der Waals surface area contributed by atoms with E-state index in [0.717, 1.165) is 44.5 Å². The molecule has 0 fully saturated rings. The van der Waals surface area contributed by atoms with Gasteiger partial charge in [-0.2, -0.15) is 4.98 Å². The van der Waals surface area contributed by atoms with E-state index in [9.17, 15) is 0 Å². The molecule has 8 heteroatoms. The van der Waals surface area contributed by atoms with Crippen LogP contribution in [0.25, 0.3) is 33.1 Å². The number of imidazole rings is 1. The normalized spacial score (nSPS) is 12.6. The van der Waals surface area contributed by atoms with Crippen molar-refractivity contribution in [3.05, 3.63) is 29.8 Å². The molecule has 8 nitrogen and oxygen atoms in total. The highest BCUT2D eigenvalue weighted by Gasteiger charge is 2.22. The largest absolute Gasteiger partial charge is 0.496 e. The number of ether oxygens (including phenoxy) is 3. The Labute approximate surface area is 168 Å². The summed E-state index contributed by atoms with van der Waals surface area (Å²) in [5, 5.41) is 5.00. The molecule has 0 spiro atoms. The fourth-order valence-corrected chi connectivity index (χ4v) is 3.88. The zero-order valence-corrected chi connectivity index (χ0v) is 17.4. The predicted octanol–water partition coefficient (Wildman–Crippen LogP) is 4.08. The molecule has 152 valence electrons. The highest BCUT2D eigenvalue weighted by atomic mass is 16.5. The van der Waals surface area contributed by atoms with Crippen LogP contribution in [0.4, 0.5) is 0 Å². The number of pyridine rings is 1. The Bertz CT molecular complexity index is 1180. The average molecular weight is 396 g/mol. The van der Waals surface area contributed by atoms with E-state index in [0.29, 0.717) is 18.4 Å². The molecule has 1 atom stereocenters. The highest BCUT2D eigenvalue weighted by molar-refractivity contribution is 6.05. The second-order valence-corrected chi connectivity index (χ2v) is 7.03. The molecule has 4 rings (SSSR count). The van der Waals surface area contributed by atoms with Crippen LogP contribution in [0.1, 0.15) is 24.4 Å². The molecular formula is C21H24N4O4. The van der Waals surface area contributed by atoms with Gasteiger partial charge in [-0.1, -0.05) is 5.16 Å². The Morgan fingerprint density at radius 2 is 1.90 bits per heavy atom. The van der Waals surface area contributed by atoms with Gasteiger partial charge in [0.2, 0.25) is 0 Å². The van der Waals surface area contributed by atoms with Gasteiger partial charge in [0.05, 0.1) is 55.4 Å². The van der Waals surface area contributed by atoms with Crippen LogP contribution >= 0.6 is 0 Å². The lowest BCUT2D eigenvalue weighted by atomic mass is 10.0. The molecule has 3 heterocycles. The first kappa shape index (κ1) is 19.2. The van der Waals surface area contributed by atoms with Gasteiger partial charge in [0, 0.05) is 18.1 Å². The maximum Gasteiger partial charge on any atom is 0.297 e. The van der Waals surface area contributed by atoms with E-state index < -0.39 is 0 Å². The maximum absolute atomic E-state index is 5.73. The van der Waals surface area contributed by atoms with E-state index >= 15 is 0 Å². The van der Waals surface area contributed by atoms with E-state index in [1.807, 2.05) is 30.5 Å². The van der Waals surface area contributed by atoms with Gasteiger partial charge in [0.15, 0.2) is 0 Å². The number of aromatic nitrogens is 4. The van der Waals surface area contributed by atoms with Gasteiger partial charge in [0.1, 0.15) is 17.0 Å². The SMILES string of the molecule is COC[C@@H](C)n1c(OC)nc2cnc3cc(-c4c(C)noc4C)c(OC)cc3c21. The molecule has 0 aliphatic heterocycles. The third-order valence-corrected chi connectivity index (χ3v) is 5.14. The quantitative estimate of drug-likeness (QED) is 0.485. The molecule has 0 unspecified atom stereocenters. The highest BCUT2D eigenvalue weighted by Crippen LogP contribution is 2.40. The lowest BCUT2D eigenvalue weighted by Crippen LogP contribution is -2.12. The van der Waals surface area contributed by atoms with Crippen LogP contribution < -0.4 is 9.47 Å². The standard InChI is InChI=1S/C21H24N4O4/c1-11(10-26-4)25-20-14-8-18(27-5)15(19-12(2)24-29-13(19)3)7-16(14)22-9-17(20)23-21(25)28-6/h7-9,11H,10H2,1-6H3/t11-/m1/s1. The zero-order chi connectivity index (χ0) is 20.7. The molecular weight excluding hydrogens is 372 g/mol.